The van der Waals surface area contributed by atoms with Gasteiger partial charge in [-0.15, -0.1) is 0 Å². The molecule has 0 radical (unpaired) electrons. The highest BCUT2D eigenvalue weighted by atomic mass is 127. The molecule has 0 saturated heterocycles. The summed E-state index contributed by atoms with van der Waals surface area (Å²) in [7, 11) is 0. The average Bonchev–Trinajstić information content (AvgIpc) is 3.19. The lowest BCUT2D eigenvalue weighted by atomic mass is 9.77. The molecule has 0 spiro atoms. The van der Waals surface area contributed by atoms with Gasteiger partial charge in [-0.3, -0.25) is 0 Å². The van der Waals surface area contributed by atoms with Crippen molar-refractivity contribution in [1.29, 1.82) is 0 Å². The first kappa shape index (κ1) is 45.8. The van der Waals surface area contributed by atoms with Gasteiger partial charge in [-0.2, -0.15) is 8.78 Å². The van der Waals surface area contributed by atoms with Crippen molar-refractivity contribution in [3.05, 3.63) is 109 Å². The number of hydrogen-bond donors (Lipinski definition) is 1. The maximum Gasteiger partial charge on any atom is 0.201 e. The maximum absolute atomic E-state index is 14.9. The molecule has 316 valence electrons. The van der Waals surface area contributed by atoms with Gasteiger partial charge < -0.3 is 15.2 Å². The Kier molecular flexibility index (Phi) is 17.2. The molecule has 4 aromatic carbocycles. The van der Waals surface area contributed by atoms with Gasteiger partial charge >= 0.3 is 0 Å². The highest BCUT2D eigenvalue weighted by molar-refractivity contribution is 14.1. The van der Waals surface area contributed by atoms with Crippen LogP contribution in [0.5, 0.6) is 23.0 Å². The van der Waals surface area contributed by atoms with E-state index in [-0.39, 0.29) is 23.3 Å². The Hall–Kier alpha value is -3.27. The number of benzene rings is 4. The Bertz CT molecular complexity index is 1780. The largest absolute Gasteiger partial charge is 0.454 e. The number of aryl methyl sites for hydroxylation is 4. The molecular weight excluding hydrogens is 849 g/mol. The fourth-order valence-electron chi connectivity index (χ4n) is 9.19. The molecular formula is C50H64F4INO2. The molecule has 2 fully saturated rings. The van der Waals surface area contributed by atoms with Gasteiger partial charge in [0.1, 0.15) is 11.5 Å². The standard InChI is InChI=1S/C25H31F2IO.C25H33F2NO/c2*1-4-5-6-7-18-8-10-19(11-9-18)21-12-13-22(24(27)23(21)26)29-25-16(2)14-20(28)15-17(25)3/h12-15,18-19H,4-11H2,1-3H3;12-15,18-19H,4-11,28H2,1-3H3. The van der Waals surface area contributed by atoms with Crippen LogP contribution in [0.1, 0.15) is 162 Å². The van der Waals surface area contributed by atoms with E-state index in [4.69, 9.17) is 15.2 Å². The first-order chi connectivity index (χ1) is 27.8. The fraction of sp³-hybridized carbons (Fsp3) is 0.520. The molecule has 8 heteroatoms. The number of nitrogens with two attached hydrogens (primary N) is 1. The van der Waals surface area contributed by atoms with Crippen LogP contribution >= 0.6 is 22.6 Å². The second-order valence-electron chi connectivity index (χ2n) is 17.0. The third-order valence-corrected chi connectivity index (χ3v) is 13.1. The lowest BCUT2D eigenvalue weighted by Gasteiger charge is -2.29. The molecule has 0 amide bonds. The Labute approximate surface area is 359 Å². The van der Waals surface area contributed by atoms with Crippen LogP contribution in [0.25, 0.3) is 0 Å². The summed E-state index contributed by atoms with van der Waals surface area (Å²) in [4.78, 5) is 0. The fourth-order valence-corrected chi connectivity index (χ4v) is 10.1. The van der Waals surface area contributed by atoms with Crippen LogP contribution in [0.4, 0.5) is 23.2 Å². The van der Waals surface area contributed by atoms with Crippen molar-refractivity contribution in [2.75, 3.05) is 5.73 Å². The summed E-state index contributed by atoms with van der Waals surface area (Å²) in [6.45, 7) is 12.0. The molecule has 2 saturated carbocycles. The molecule has 2 aliphatic rings. The molecule has 0 aromatic heterocycles. The second kappa shape index (κ2) is 21.8. The molecule has 0 unspecified atom stereocenters. The molecule has 6 rings (SSSR count). The zero-order chi connectivity index (χ0) is 41.9. The quantitative estimate of drug-likeness (QED) is 0.0593. The van der Waals surface area contributed by atoms with E-state index in [0.717, 1.165) is 89.0 Å². The topological polar surface area (TPSA) is 44.5 Å². The number of anilines is 1. The summed E-state index contributed by atoms with van der Waals surface area (Å²) in [5.41, 5.74) is 10.9. The second-order valence-corrected chi connectivity index (χ2v) is 18.3. The van der Waals surface area contributed by atoms with E-state index < -0.39 is 23.3 Å². The summed E-state index contributed by atoms with van der Waals surface area (Å²) < 4.78 is 72.1. The van der Waals surface area contributed by atoms with Crippen molar-refractivity contribution in [2.45, 2.75) is 156 Å². The van der Waals surface area contributed by atoms with Crippen molar-refractivity contribution in [1.82, 2.24) is 0 Å². The number of unbranched alkanes of at least 4 members (excludes halogenated alkanes) is 4. The molecule has 58 heavy (non-hydrogen) atoms. The molecule has 3 nitrogen and oxygen atoms in total. The van der Waals surface area contributed by atoms with E-state index in [2.05, 4.69) is 36.4 Å². The van der Waals surface area contributed by atoms with E-state index in [1.54, 1.807) is 36.4 Å². The minimum absolute atomic E-state index is 0.0353. The Morgan fingerprint density at radius 3 is 1.26 bits per heavy atom. The lowest BCUT2D eigenvalue weighted by molar-refractivity contribution is 0.297. The van der Waals surface area contributed by atoms with Gasteiger partial charge in [0.2, 0.25) is 11.6 Å². The minimum Gasteiger partial charge on any atom is -0.454 e. The summed E-state index contributed by atoms with van der Waals surface area (Å²) in [6.07, 6.45) is 18.4. The van der Waals surface area contributed by atoms with Gasteiger partial charge in [0.05, 0.1) is 0 Å². The molecule has 0 atom stereocenters. The van der Waals surface area contributed by atoms with Crippen molar-refractivity contribution in [3.63, 3.8) is 0 Å². The third-order valence-electron chi connectivity index (χ3n) is 12.5. The molecule has 0 heterocycles. The zero-order valence-electron chi connectivity index (χ0n) is 35.5. The molecule has 0 aliphatic heterocycles. The van der Waals surface area contributed by atoms with Crippen molar-refractivity contribution < 1.29 is 27.0 Å². The summed E-state index contributed by atoms with van der Waals surface area (Å²) in [5.74, 6) is -0.550. The first-order valence-electron chi connectivity index (χ1n) is 21.8. The zero-order valence-corrected chi connectivity index (χ0v) is 37.7. The first-order valence-corrected chi connectivity index (χ1v) is 22.8. The van der Waals surface area contributed by atoms with Gasteiger partial charge in [0.25, 0.3) is 0 Å². The Morgan fingerprint density at radius 2 is 0.897 bits per heavy atom. The van der Waals surface area contributed by atoms with E-state index in [0.29, 0.717) is 28.3 Å². The van der Waals surface area contributed by atoms with Crippen LogP contribution in [0.15, 0.2) is 48.5 Å². The summed E-state index contributed by atoms with van der Waals surface area (Å²) >= 11 is 2.24. The maximum atomic E-state index is 14.9. The smallest absolute Gasteiger partial charge is 0.201 e. The van der Waals surface area contributed by atoms with Gasteiger partial charge in [-0.05, 0) is 195 Å². The van der Waals surface area contributed by atoms with Crippen LogP contribution in [-0.2, 0) is 0 Å². The third kappa shape index (κ3) is 11.9. The summed E-state index contributed by atoms with van der Waals surface area (Å²) in [5, 5.41) is 0. The van der Waals surface area contributed by atoms with Crippen LogP contribution in [0, 0.1) is 66.4 Å². The van der Waals surface area contributed by atoms with Gasteiger partial charge in [-0.25, -0.2) is 8.78 Å². The normalized spacial score (nSPS) is 19.4. The van der Waals surface area contributed by atoms with E-state index >= 15 is 0 Å². The highest BCUT2D eigenvalue weighted by Crippen LogP contribution is 2.43. The monoisotopic (exact) mass is 913 g/mol. The SMILES string of the molecule is CCCCCC1CCC(c2ccc(Oc3c(C)cc(I)cc3C)c(F)c2F)CC1.CCCCCC1CCC(c2ccc(Oc3c(C)cc(N)cc3C)c(F)c2F)CC1. The number of halogens is 5. The van der Waals surface area contributed by atoms with Crippen molar-refractivity contribution >= 4 is 28.3 Å². The molecule has 0 bridgehead atoms. The average molecular weight is 914 g/mol. The van der Waals surface area contributed by atoms with Gasteiger partial charge in [0, 0.05) is 9.26 Å². The highest BCUT2D eigenvalue weighted by Gasteiger charge is 2.28. The Balaban J connectivity index is 0.000000221. The van der Waals surface area contributed by atoms with Crippen LogP contribution in [0.2, 0.25) is 0 Å². The van der Waals surface area contributed by atoms with Crippen molar-refractivity contribution in [3.8, 4) is 23.0 Å². The van der Waals surface area contributed by atoms with Crippen LogP contribution in [0.3, 0.4) is 0 Å². The predicted octanol–water partition coefficient (Wildman–Crippen LogP) is 16.6. The molecule has 4 aromatic rings. The van der Waals surface area contributed by atoms with Crippen LogP contribution in [-0.4, -0.2) is 0 Å². The van der Waals surface area contributed by atoms with E-state index in [9.17, 15) is 17.6 Å². The number of nitrogen functional groups attached to an aromatic ring is 1. The van der Waals surface area contributed by atoms with Gasteiger partial charge in [-0.1, -0.05) is 77.3 Å². The molecule has 2 aliphatic carbocycles. The predicted molar refractivity (Wildman–Crippen MR) is 240 cm³/mol. The van der Waals surface area contributed by atoms with E-state index in [1.165, 1.54) is 51.4 Å². The minimum atomic E-state index is -0.900. The lowest BCUT2D eigenvalue weighted by Crippen LogP contribution is -2.15. The number of hydrogen-bond acceptors (Lipinski definition) is 3. The van der Waals surface area contributed by atoms with Gasteiger partial charge in [0.15, 0.2) is 23.1 Å². The summed E-state index contributed by atoms with van der Waals surface area (Å²) in [6, 6.07) is 14.1. The van der Waals surface area contributed by atoms with Crippen LogP contribution < -0.4 is 15.2 Å². The van der Waals surface area contributed by atoms with E-state index in [1.807, 2.05) is 39.8 Å². The molecule has 2 N–H and O–H groups in total. The Morgan fingerprint density at radius 1 is 0.534 bits per heavy atom. The number of rotatable bonds is 14. The van der Waals surface area contributed by atoms with Crippen molar-refractivity contribution in [2.24, 2.45) is 11.8 Å². The number of ether oxygens (including phenoxy) is 2.